The first-order valence-corrected chi connectivity index (χ1v) is 9.71. The number of hydrogen-bond donors (Lipinski definition) is 0. The monoisotopic (exact) mass is 543 g/mol. The van der Waals surface area contributed by atoms with Crippen LogP contribution in [0.15, 0.2) is 40.3 Å². The van der Waals surface area contributed by atoms with Crippen LogP contribution in [0.3, 0.4) is 0 Å². The van der Waals surface area contributed by atoms with Crippen LogP contribution in [0, 0.1) is 0 Å². The van der Waals surface area contributed by atoms with Gasteiger partial charge in [-0.1, -0.05) is 0 Å². The molecule has 0 atom stereocenters. The van der Waals surface area contributed by atoms with Gasteiger partial charge in [0.1, 0.15) is 0 Å². The number of benzene rings is 1. The summed E-state index contributed by atoms with van der Waals surface area (Å²) >= 11 is 9.69. The van der Waals surface area contributed by atoms with E-state index in [1.54, 1.807) is 24.3 Å². The van der Waals surface area contributed by atoms with Crippen LogP contribution in [0.5, 0.6) is 0 Å². The van der Waals surface area contributed by atoms with Crippen molar-refractivity contribution in [3.63, 3.8) is 0 Å². The van der Waals surface area contributed by atoms with Gasteiger partial charge in [0.2, 0.25) is 11.3 Å². The normalized spacial score (nSPS) is 12.2. The Morgan fingerprint density at radius 3 is 2.45 bits per heavy atom. The SMILES string of the molecule is O=S(=O)(c1ccc2cc(SOO[O-])ccc2n1)C(Br)(Br)Br.[Na+]. The third-order valence-electron chi connectivity index (χ3n) is 2.37. The number of aromatic nitrogens is 1. The summed E-state index contributed by atoms with van der Waals surface area (Å²) < 4.78 is 27.2. The van der Waals surface area contributed by atoms with Crippen LogP contribution in [0.2, 0.25) is 0 Å². The van der Waals surface area contributed by atoms with E-state index in [-0.39, 0.29) is 34.6 Å². The number of halogens is 3. The molecule has 6 nitrogen and oxygen atoms in total. The molecule has 0 fully saturated rings. The molecule has 0 saturated heterocycles. The Hall–Kier alpha value is 1.25. The first-order valence-electron chi connectivity index (χ1n) is 5.11. The molecule has 1 heterocycles. The molecule has 2 rings (SSSR count). The average Bonchev–Trinajstić information content (AvgIpc) is 2.43. The minimum atomic E-state index is -3.74. The van der Waals surface area contributed by atoms with Crippen molar-refractivity contribution in [2.45, 2.75) is 11.4 Å². The Morgan fingerprint density at radius 1 is 1.18 bits per heavy atom. The summed E-state index contributed by atoms with van der Waals surface area (Å²) in [5.41, 5.74) is 0.486. The van der Waals surface area contributed by atoms with Crippen LogP contribution in [0.4, 0.5) is 0 Å². The molecule has 0 aliphatic carbocycles. The predicted octanol–water partition coefficient (Wildman–Crippen LogP) is 0.0391. The zero-order valence-electron chi connectivity index (χ0n) is 10.8. The number of alkyl halides is 3. The Kier molecular flexibility index (Phi) is 8.29. The first-order chi connectivity index (χ1) is 9.75. The largest absolute Gasteiger partial charge is 1.00 e. The molecular weight excluding hydrogens is 541 g/mol. The maximum absolute atomic E-state index is 12.2. The third-order valence-corrected chi connectivity index (χ3v) is 8.17. The number of hydrogen-bond acceptors (Lipinski definition) is 7. The molecule has 0 saturated carbocycles. The average molecular weight is 546 g/mol. The third kappa shape index (κ3) is 4.88. The van der Waals surface area contributed by atoms with Crippen molar-refractivity contribution in [3.8, 4) is 0 Å². The number of sulfone groups is 1. The number of pyridine rings is 1. The molecule has 0 aliphatic heterocycles. The maximum atomic E-state index is 12.2. The topological polar surface area (TPSA) is 88.6 Å². The molecule has 1 aromatic carbocycles. The summed E-state index contributed by atoms with van der Waals surface area (Å²) in [5, 5.41) is 13.6. The van der Waals surface area contributed by atoms with Gasteiger partial charge in [0.15, 0.2) is 5.03 Å². The van der Waals surface area contributed by atoms with Crippen molar-refractivity contribution in [3.05, 3.63) is 30.3 Å². The Labute approximate surface area is 178 Å². The van der Waals surface area contributed by atoms with Crippen LogP contribution < -0.4 is 34.8 Å². The van der Waals surface area contributed by atoms with Gasteiger partial charge in [-0.25, -0.2) is 13.4 Å². The van der Waals surface area contributed by atoms with Crippen molar-refractivity contribution in [1.29, 1.82) is 0 Å². The maximum Gasteiger partial charge on any atom is 1.00 e. The van der Waals surface area contributed by atoms with Gasteiger partial charge >= 0.3 is 29.6 Å². The standard InChI is InChI=1S/C10H6Br3NO5S2.Na/c11-10(12,13)21(16,17)9-4-1-6-5-7(20-19-18-15)2-3-8(6)14-9;/h1-5,15H;/q;+1/p-1. The number of rotatable bonds is 4. The molecular formula is C10H5Br3NNaO5S2. The minimum absolute atomic E-state index is 0. The molecule has 0 unspecified atom stereocenters. The molecule has 0 radical (unpaired) electrons. The van der Waals surface area contributed by atoms with E-state index < -0.39 is 11.3 Å². The smallest absolute Gasteiger partial charge is 0.691 e. The first kappa shape index (κ1) is 21.3. The van der Waals surface area contributed by atoms with Gasteiger partial charge in [0, 0.05) is 10.3 Å². The fourth-order valence-electron chi connectivity index (χ4n) is 1.46. The summed E-state index contributed by atoms with van der Waals surface area (Å²) in [7, 11) is -3.74. The summed E-state index contributed by atoms with van der Waals surface area (Å²) in [6, 6.07) is 7.92. The molecule has 0 N–H and O–H groups in total. The van der Waals surface area contributed by atoms with Gasteiger partial charge in [-0.15, -0.1) is 0 Å². The van der Waals surface area contributed by atoms with E-state index in [2.05, 4.69) is 62.1 Å². The summed E-state index contributed by atoms with van der Waals surface area (Å²) in [6.07, 6.45) is 0. The second kappa shape index (κ2) is 8.56. The van der Waals surface area contributed by atoms with E-state index in [4.69, 9.17) is 0 Å². The van der Waals surface area contributed by atoms with E-state index in [0.717, 1.165) is 12.0 Å². The van der Waals surface area contributed by atoms with Crippen LogP contribution in [0.1, 0.15) is 0 Å². The van der Waals surface area contributed by atoms with E-state index in [1.165, 1.54) is 6.07 Å². The molecule has 12 heteroatoms. The van der Waals surface area contributed by atoms with Crippen molar-refractivity contribution >= 4 is 80.6 Å². The summed E-state index contributed by atoms with van der Waals surface area (Å²) in [4.78, 5) is 4.73. The molecule has 0 aliphatic rings. The van der Waals surface area contributed by atoms with Crippen LogP contribution >= 0.6 is 59.8 Å². The van der Waals surface area contributed by atoms with Crippen molar-refractivity contribution in [2.24, 2.45) is 0 Å². The van der Waals surface area contributed by atoms with Crippen LogP contribution in [-0.4, -0.2) is 14.9 Å². The summed E-state index contributed by atoms with van der Waals surface area (Å²) in [5.74, 6) is 0. The van der Waals surface area contributed by atoms with Gasteiger partial charge in [-0.3, -0.25) is 5.04 Å². The fourth-order valence-corrected chi connectivity index (χ4v) is 4.06. The summed E-state index contributed by atoms with van der Waals surface area (Å²) in [6.45, 7) is 0. The fraction of sp³-hybridized carbons (Fsp3) is 0.100. The molecule has 0 spiro atoms. The molecule has 1 aromatic heterocycles. The van der Waals surface area contributed by atoms with Gasteiger partial charge < -0.3 is 5.26 Å². The van der Waals surface area contributed by atoms with E-state index >= 15 is 0 Å². The molecule has 0 amide bonds. The quantitative estimate of drug-likeness (QED) is 0.176. The van der Waals surface area contributed by atoms with Gasteiger partial charge in [0.05, 0.1) is 17.6 Å². The number of fused-ring (bicyclic) bond motifs is 1. The second-order valence-electron chi connectivity index (χ2n) is 3.67. The Morgan fingerprint density at radius 2 is 1.86 bits per heavy atom. The van der Waals surface area contributed by atoms with Gasteiger partial charge in [0.25, 0.3) is 0 Å². The molecule has 0 bridgehead atoms. The second-order valence-corrected chi connectivity index (χ2v) is 14.8. The Balaban J connectivity index is 0.00000242. The number of nitrogens with zero attached hydrogens (tertiary/aromatic N) is 1. The zero-order valence-corrected chi connectivity index (χ0v) is 19.2. The van der Waals surface area contributed by atoms with Crippen molar-refractivity contribution < 1.29 is 52.6 Å². The van der Waals surface area contributed by atoms with E-state index in [9.17, 15) is 13.7 Å². The van der Waals surface area contributed by atoms with Crippen molar-refractivity contribution in [1.82, 2.24) is 4.98 Å². The Bertz CT molecular complexity index is 769. The van der Waals surface area contributed by atoms with Crippen molar-refractivity contribution in [2.75, 3.05) is 0 Å². The molecule has 2 aromatic rings. The predicted molar refractivity (Wildman–Crippen MR) is 86.5 cm³/mol. The molecule has 114 valence electrons. The zero-order chi connectivity index (χ0) is 15.7. The van der Waals surface area contributed by atoms with Crippen LogP contribution in [0.25, 0.3) is 10.9 Å². The minimum Gasteiger partial charge on any atom is -0.691 e. The van der Waals surface area contributed by atoms with Gasteiger partial charge in [-0.2, -0.15) is 4.33 Å². The van der Waals surface area contributed by atoms with E-state index in [1.807, 2.05) is 0 Å². The van der Waals surface area contributed by atoms with Crippen LogP contribution in [-0.2, 0) is 19.2 Å². The molecule has 22 heavy (non-hydrogen) atoms. The van der Waals surface area contributed by atoms with E-state index in [0.29, 0.717) is 15.8 Å². The van der Waals surface area contributed by atoms with Gasteiger partial charge in [-0.05, 0) is 78.1 Å².